The molecule has 1 aromatic heterocycles. The smallest absolute Gasteiger partial charge is 0.277 e. The van der Waals surface area contributed by atoms with Crippen LogP contribution in [-0.4, -0.2) is 45.0 Å². The molecule has 3 atom stereocenters. The highest BCUT2D eigenvalue weighted by molar-refractivity contribution is 5.96. The number of nitrogens with zero attached hydrogens (tertiary/aromatic N) is 3. The summed E-state index contributed by atoms with van der Waals surface area (Å²) in [6, 6.07) is 10.8. The molecule has 4 rings (SSSR count). The van der Waals surface area contributed by atoms with Gasteiger partial charge < -0.3 is 15.1 Å². The van der Waals surface area contributed by atoms with Crippen LogP contribution >= 0.6 is 0 Å². The summed E-state index contributed by atoms with van der Waals surface area (Å²) in [5, 5.41) is 23.1. The van der Waals surface area contributed by atoms with Gasteiger partial charge in [0.15, 0.2) is 11.4 Å². The summed E-state index contributed by atoms with van der Waals surface area (Å²) >= 11 is 0. The third-order valence-corrected chi connectivity index (χ3v) is 5.72. The topological polar surface area (TPSA) is 86.0 Å². The number of hydrogen-bond acceptors (Lipinski definition) is 5. The van der Waals surface area contributed by atoms with E-state index < -0.39 is 28.7 Å². The second-order valence-corrected chi connectivity index (χ2v) is 7.07. The van der Waals surface area contributed by atoms with Crippen LogP contribution in [0, 0.1) is 0 Å². The molecule has 2 N–H and O–H groups in total. The number of carbonyl (C=O) groups excluding carboxylic acids is 1. The monoisotopic (exact) mass is 355 g/mol. The molecule has 0 radical (unpaired) electrons. The number of aromatic hydroxyl groups is 1. The maximum Gasteiger partial charge on any atom is 0.277 e. The molecule has 1 unspecified atom stereocenters. The number of pyridine rings is 1. The molecule has 1 saturated heterocycles. The van der Waals surface area contributed by atoms with E-state index in [2.05, 4.69) is 0 Å². The SMILES string of the molecule is CN1C(=O)c2c(O)c(=O)ccn2N2C1CC[C@H](O)[C@@]2(C)c1ccccc1. The second kappa shape index (κ2) is 5.60. The summed E-state index contributed by atoms with van der Waals surface area (Å²) in [4.78, 5) is 26.2. The number of carbonyl (C=O) groups is 1. The zero-order valence-corrected chi connectivity index (χ0v) is 14.7. The van der Waals surface area contributed by atoms with Gasteiger partial charge in [0.25, 0.3) is 5.91 Å². The molecule has 0 spiro atoms. The first-order valence-electron chi connectivity index (χ1n) is 8.62. The predicted octanol–water partition coefficient (Wildman–Crippen LogP) is 0.974. The molecule has 1 aromatic carbocycles. The van der Waals surface area contributed by atoms with Gasteiger partial charge in [0, 0.05) is 19.3 Å². The van der Waals surface area contributed by atoms with Crippen molar-refractivity contribution in [2.75, 3.05) is 12.1 Å². The molecule has 26 heavy (non-hydrogen) atoms. The number of aliphatic hydroxyl groups is 1. The van der Waals surface area contributed by atoms with E-state index in [1.165, 1.54) is 21.8 Å². The second-order valence-electron chi connectivity index (χ2n) is 7.07. The van der Waals surface area contributed by atoms with Gasteiger partial charge in [-0.25, -0.2) is 0 Å². The summed E-state index contributed by atoms with van der Waals surface area (Å²) in [7, 11) is 1.66. The van der Waals surface area contributed by atoms with Crippen molar-refractivity contribution in [1.82, 2.24) is 9.58 Å². The zero-order valence-electron chi connectivity index (χ0n) is 14.7. The van der Waals surface area contributed by atoms with Crippen molar-refractivity contribution < 1.29 is 15.0 Å². The minimum Gasteiger partial charge on any atom is -0.502 e. The van der Waals surface area contributed by atoms with Crippen LogP contribution < -0.4 is 10.4 Å². The first-order valence-corrected chi connectivity index (χ1v) is 8.62. The summed E-state index contributed by atoms with van der Waals surface area (Å²) in [5.74, 6) is -0.980. The lowest BCUT2D eigenvalue weighted by Gasteiger charge is -2.58. The fourth-order valence-corrected chi connectivity index (χ4v) is 4.20. The summed E-state index contributed by atoms with van der Waals surface area (Å²) in [5.41, 5.74) is -0.623. The molecule has 0 bridgehead atoms. The van der Waals surface area contributed by atoms with Gasteiger partial charge in [-0.1, -0.05) is 30.3 Å². The first kappa shape index (κ1) is 16.7. The Morgan fingerprint density at radius 2 is 1.81 bits per heavy atom. The number of rotatable bonds is 1. The van der Waals surface area contributed by atoms with Gasteiger partial charge in [-0.15, -0.1) is 0 Å². The van der Waals surface area contributed by atoms with Crippen LogP contribution in [0.1, 0.15) is 35.8 Å². The lowest BCUT2D eigenvalue weighted by Crippen LogP contribution is -2.71. The van der Waals surface area contributed by atoms with E-state index in [-0.39, 0.29) is 11.9 Å². The highest BCUT2D eigenvalue weighted by atomic mass is 16.3. The van der Waals surface area contributed by atoms with Gasteiger partial charge in [0.1, 0.15) is 11.7 Å². The Kier molecular flexibility index (Phi) is 3.59. The number of piperidine rings is 1. The Hall–Kier alpha value is -2.80. The Bertz CT molecular complexity index is 926. The summed E-state index contributed by atoms with van der Waals surface area (Å²) in [6.07, 6.45) is 1.63. The summed E-state index contributed by atoms with van der Waals surface area (Å²) < 4.78 is 1.53. The van der Waals surface area contributed by atoms with Crippen LogP contribution in [0.15, 0.2) is 47.4 Å². The van der Waals surface area contributed by atoms with Crippen LogP contribution in [0.5, 0.6) is 5.75 Å². The van der Waals surface area contributed by atoms with Gasteiger partial charge in [0.05, 0.1) is 6.10 Å². The van der Waals surface area contributed by atoms with Crippen molar-refractivity contribution in [3.8, 4) is 5.75 Å². The molecule has 0 saturated carbocycles. The average molecular weight is 355 g/mol. The van der Waals surface area contributed by atoms with Gasteiger partial charge in [-0.05, 0) is 25.3 Å². The van der Waals surface area contributed by atoms with Gasteiger partial charge >= 0.3 is 0 Å². The molecule has 1 amide bonds. The highest BCUT2D eigenvalue weighted by Crippen LogP contribution is 2.42. The van der Waals surface area contributed by atoms with E-state index in [0.29, 0.717) is 12.8 Å². The highest BCUT2D eigenvalue weighted by Gasteiger charge is 2.52. The van der Waals surface area contributed by atoms with Gasteiger partial charge in [-0.3, -0.25) is 19.3 Å². The molecular weight excluding hydrogens is 334 g/mol. The fraction of sp³-hybridized carbons (Fsp3) is 0.368. The van der Waals surface area contributed by atoms with Crippen LogP contribution in [0.3, 0.4) is 0 Å². The van der Waals surface area contributed by atoms with Gasteiger partial charge in [0.2, 0.25) is 5.43 Å². The minimum absolute atomic E-state index is 0.0764. The minimum atomic E-state index is -0.838. The van der Waals surface area contributed by atoms with Gasteiger partial charge in [-0.2, -0.15) is 0 Å². The van der Waals surface area contributed by atoms with Crippen molar-refractivity contribution in [3.05, 3.63) is 64.1 Å². The van der Waals surface area contributed by atoms with Crippen LogP contribution in [0.25, 0.3) is 0 Å². The standard InChI is InChI=1S/C19H21N3O4/c1-19(12-6-4-3-5-7-12)14(24)8-9-15-20(2)18(26)16-17(25)13(23)10-11-21(16)22(15)19/h3-7,10-11,14-15,24-25H,8-9H2,1-2H3/t14-,15?,19+/m0/s1. The third-order valence-electron chi connectivity index (χ3n) is 5.72. The third kappa shape index (κ3) is 2.03. The molecule has 7 heteroatoms. The average Bonchev–Trinajstić information content (AvgIpc) is 2.65. The molecule has 2 aromatic rings. The Labute approximate surface area is 150 Å². The Balaban J connectivity index is 2.01. The van der Waals surface area contributed by atoms with E-state index >= 15 is 0 Å². The molecule has 2 aliphatic heterocycles. The maximum atomic E-state index is 12.8. The number of benzene rings is 1. The molecular formula is C19H21N3O4. The molecule has 2 aliphatic rings. The Morgan fingerprint density at radius 1 is 1.12 bits per heavy atom. The van der Waals surface area contributed by atoms with Crippen molar-refractivity contribution in [2.45, 2.75) is 37.6 Å². The summed E-state index contributed by atoms with van der Waals surface area (Å²) in [6.45, 7) is 1.92. The number of hydrogen-bond donors (Lipinski definition) is 2. The molecule has 0 aliphatic carbocycles. The van der Waals surface area contributed by atoms with E-state index in [1.54, 1.807) is 7.05 Å². The number of aromatic nitrogens is 1. The van der Waals surface area contributed by atoms with E-state index in [0.717, 1.165) is 5.56 Å². The quantitative estimate of drug-likeness (QED) is 0.796. The first-order chi connectivity index (χ1) is 12.4. The predicted molar refractivity (Wildman–Crippen MR) is 95.5 cm³/mol. The number of aliphatic hydroxyl groups excluding tert-OH is 1. The molecule has 136 valence electrons. The van der Waals surface area contributed by atoms with Crippen LogP contribution in [0.4, 0.5) is 0 Å². The largest absolute Gasteiger partial charge is 0.502 e. The lowest BCUT2D eigenvalue weighted by molar-refractivity contribution is -0.0102. The van der Waals surface area contributed by atoms with Crippen molar-refractivity contribution in [3.63, 3.8) is 0 Å². The molecule has 3 heterocycles. The van der Waals surface area contributed by atoms with E-state index in [1.807, 2.05) is 42.3 Å². The van der Waals surface area contributed by atoms with E-state index in [4.69, 9.17) is 0 Å². The van der Waals surface area contributed by atoms with Crippen molar-refractivity contribution in [1.29, 1.82) is 0 Å². The lowest BCUT2D eigenvalue weighted by atomic mass is 9.79. The Morgan fingerprint density at radius 3 is 2.50 bits per heavy atom. The van der Waals surface area contributed by atoms with Crippen molar-refractivity contribution >= 4 is 5.91 Å². The van der Waals surface area contributed by atoms with Crippen molar-refractivity contribution in [2.24, 2.45) is 0 Å². The van der Waals surface area contributed by atoms with E-state index in [9.17, 15) is 19.8 Å². The number of amides is 1. The van der Waals surface area contributed by atoms with Crippen LogP contribution in [0.2, 0.25) is 0 Å². The zero-order chi connectivity index (χ0) is 18.6. The van der Waals surface area contributed by atoms with Crippen LogP contribution in [-0.2, 0) is 5.54 Å². The molecule has 1 fully saturated rings. The maximum absolute atomic E-state index is 12.8. The normalized spacial score (nSPS) is 27.9. The molecule has 7 nitrogen and oxygen atoms in total. The number of fused-ring (bicyclic) bond motifs is 3. The fourth-order valence-electron chi connectivity index (χ4n) is 4.20.